The summed E-state index contributed by atoms with van der Waals surface area (Å²) in [6, 6.07) is 0.143. The normalized spacial score (nSPS) is 33.1. The van der Waals surface area contributed by atoms with Crippen molar-refractivity contribution >= 4 is 5.91 Å². The number of nitrogens with zero attached hydrogens (tertiary/aromatic N) is 2. The molecule has 0 saturated carbocycles. The molecule has 0 aliphatic carbocycles. The van der Waals surface area contributed by atoms with Gasteiger partial charge >= 0.3 is 0 Å². The van der Waals surface area contributed by atoms with Crippen LogP contribution in [0.2, 0.25) is 0 Å². The van der Waals surface area contributed by atoms with E-state index in [9.17, 15) is 9.90 Å². The van der Waals surface area contributed by atoms with Crippen molar-refractivity contribution in [3.63, 3.8) is 0 Å². The van der Waals surface area contributed by atoms with Crippen LogP contribution in [0.1, 0.15) is 19.3 Å². The molecule has 18 heavy (non-hydrogen) atoms. The van der Waals surface area contributed by atoms with Crippen molar-refractivity contribution in [2.24, 2.45) is 5.92 Å². The quantitative estimate of drug-likeness (QED) is 0.768. The number of hydrogen-bond acceptors (Lipinski definition) is 4. The average Bonchev–Trinajstić information content (AvgIpc) is 2.69. The maximum absolute atomic E-state index is 12.5. The van der Waals surface area contributed by atoms with Gasteiger partial charge < -0.3 is 19.6 Å². The van der Waals surface area contributed by atoms with Crippen LogP contribution < -0.4 is 0 Å². The number of ether oxygens (including phenoxy) is 1. The molecule has 104 valence electrons. The van der Waals surface area contributed by atoms with Gasteiger partial charge in [0.2, 0.25) is 5.91 Å². The molecule has 2 rings (SSSR count). The first-order chi connectivity index (χ1) is 8.58. The minimum absolute atomic E-state index is 0.00582. The van der Waals surface area contributed by atoms with Crippen LogP contribution in [-0.2, 0) is 9.53 Å². The van der Waals surface area contributed by atoms with E-state index in [-0.39, 0.29) is 24.0 Å². The third kappa shape index (κ3) is 3.22. The van der Waals surface area contributed by atoms with Crippen molar-refractivity contribution in [3.05, 3.63) is 0 Å². The highest BCUT2D eigenvalue weighted by Gasteiger charge is 2.37. The molecular weight excluding hydrogens is 232 g/mol. The van der Waals surface area contributed by atoms with E-state index in [1.54, 1.807) is 0 Å². The lowest BCUT2D eigenvalue weighted by Crippen LogP contribution is -2.45. The number of likely N-dealkylation sites (tertiary alicyclic amines) is 1. The van der Waals surface area contributed by atoms with E-state index in [2.05, 4.69) is 4.90 Å². The summed E-state index contributed by atoms with van der Waals surface area (Å²) in [4.78, 5) is 16.4. The molecule has 0 aromatic heterocycles. The van der Waals surface area contributed by atoms with Crippen LogP contribution in [0.25, 0.3) is 0 Å². The van der Waals surface area contributed by atoms with Gasteiger partial charge in [0.15, 0.2) is 0 Å². The Hall–Kier alpha value is -0.650. The molecule has 0 spiro atoms. The van der Waals surface area contributed by atoms with Gasteiger partial charge in [-0.2, -0.15) is 0 Å². The van der Waals surface area contributed by atoms with Gasteiger partial charge in [-0.15, -0.1) is 0 Å². The summed E-state index contributed by atoms with van der Waals surface area (Å²) in [7, 11) is 3.99. The standard InChI is InChI=1S/C13H24N2O3/c1-14(2)7-11-6-12(16)8-15(11)13(17)10-4-3-5-18-9-10/h10-12,16H,3-9H2,1-2H3. The lowest BCUT2D eigenvalue weighted by atomic mass is 10.0. The predicted octanol–water partition coefficient (Wildman–Crippen LogP) is -0.0636. The van der Waals surface area contributed by atoms with Crippen LogP contribution >= 0.6 is 0 Å². The number of aliphatic hydroxyl groups excluding tert-OH is 1. The molecule has 2 heterocycles. The van der Waals surface area contributed by atoms with Crippen molar-refractivity contribution in [3.8, 4) is 0 Å². The molecule has 1 N–H and O–H groups in total. The zero-order valence-corrected chi connectivity index (χ0v) is 11.3. The van der Waals surface area contributed by atoms with E-state index in [0.717, 1.165) is 26.0 Å². The van der Waals surface area contributed by atoms with E-state index in [1.807, 2.05) is 19.0 Å². The van der Waals surface area contributed by atoms with E-state index in [1.165, 1.54) is 0 Å². The van der Waals surface area contributed by atoms with Crippen LogP contribution in [0.3, 0.4) is 0 Å². The highest BCUT2D eigenvalue weighted by molar-refractivity contribution is 5.79. The highest BCUT2D eigenvalue weighted by atomic mass is 16.5. The molecule has 0 aromatic carbocycles. The molecule has 2 saturated heterocycles. The summed E-state index contributed by atoms with van der Waals surface area (Å²) in [6.45, 7) is 2.61. The Labute approximate surface area is 109 Å². The number of hydrogen-bond donors (Lipinski definition) is 1. The Morgan fingerprint density at radius 1 is 1.50 bits per heavy atom. The van der Waals surface area contributed by atoms with Gasteiger partial charge in [0, 0.05) is 25.7 Å². The van der Waals surface area contributed by atoms with Crippen molar-refractivity contribution in [1.29, 1.82) is 0 Å². The van der Waals surface area contributed by atoms with Gasteiger partial charge in [0.25, 0.3) is 0 Å². The average molecular weight is 256 g/mol. The van der Waals surface area contributed by atoms with Gasteiger partial charge in [0.05, 0.1) is 18.6 Å². The number of aliphatic hydroxyl groups is 1. The fraction of sp³-hybridized carbons (Fsp3) is 0.923. The molecule has 1 amide bonds. The second-order valence-electron chi connectivity index (χ2n) is 5.71. The topological polar surface area (TPSA) is 53.0 Å². The first-order valence-electron chi connectivity index (χ1n) is 6.79. The number of carbonyl (C=O) groups excluding carboxylic acids is 1. The van der Waals surface area contributed by atoms with Crippen LogP contribution in [0.4, 0.5) is 0 Å². The van der Waals surface area contributed by atoms with Crippen molar-refractivity contribution < 1.29 is 14.6 Å². The van der Waals surface area contributed by atoms with Gasteiger partial charge in [-0.25, -0.2) is 0 Å². The van der Waals surface area contributed by atoms with Crippen LogP contribution in [0.15, 0.2) is 0 Å². The number of likely N-dealkylation sites (N-methyl/N-ethyl adjacent to an activating group) is 1. The van der Waals surface area contributed by atoms with Gasteiger partial charge in [-0.3, -0.25) is 4.79 Å². The maximum atomic E-state index is 12.5. The van der Waals surface area contributed by atoms with Crippen molar-refractivity contribution in [2.75, 3.05) is 40.4 Å². The minimum Gasteiger partial charge on any atom is -0.391 e. The number of β-amino-alcohol motifs (C(OH)–C–C–N with tert-alkyl or cyclic N) is 1. The Morgan fingerprint density at radius 2 is 2.28 bits per heavy atom. The largest absolute Gasteiger partial charge is 0.391 e. The molecule has 2 aliphatic heterocycles. The van der Waals surface area contributed by atoms with Crippen molar-refractivity contribution in [1.82, 2.24) is 9.80 Å². The Bertz CT molecular complexity index is 290. The first-order valence-corrected chi connectivity index (χ1v) is 6.79. The zero-order chi connectivity index (χ0) is 13.1. The Balaban J connectivity index is 1.97. The molecule has 2 aliphatic rings. The minimum atomic E-state index is -0.372. The number of carbonyl (C=O) groups is 1. The Morgan fingerprint density at radius 3 is 2.89 bits per heavy atom. The summed E-state index contributed by atoms with van der Waals surface area (Å²) < 4.78 is 5.39. The summed E-state index contributed by atoms with van der Waals surface area (Å²) in [5.41, 5.74) is 0. The summed E-state index contributed by atoms with van der Waals surface area (Å²) in [5.74, 6) is 0.159. The second kappa shape index (κ2) is 5.99. The maximum Gasteiger partial charge on any atom is 0.228 e. The lowest BCUT2D eigenvalue weighted by molar-refractivity contribution is -0.141. The fourth-order valence-corrected chi connectivity index (χ4v) is 2.93. The van der Waals surface area contributed by atoms with Crippen LogP contribution in [-0.4, -0.2) is 73.4 Å². The molecule has 5 heteroatoms. The van der Waals surface area contributed by atoms with E-state index in [0.29, 0.717) is 19.6 Å². The third-order valence-electron chi connectivity index (χ3n) is 3.76. The molecule has 2 fully saturated rings. The zero-order valence-electron chi connectivity index (χ0n) is 11.3. The lowest BCUT2D eigenvalue weighted by Gasteiger charge is -2.31. The molecule has 5 nitrogen and oxygen atoms in total. The van der Waals surface area contributed by atoms with Crippen molar-refractivity contribution in [2.45, 2.75) is 31.4 Å². The molecule has 0 bridgehead atoms. The number of amides is 1. The van der Waals surface area contributed by atoms with E-state index < -0.39 is 0 Å². The van der Waals surface area contributed by atoms with Crippen LogP contribution in [0.5, 0.6) is 0 Å². The summed E-state index contributed by atoms with van der Waals surface area (Å²) in [6.07, 6.45) is 2.20. The smallest absolute Gasteiger partial charge is 0.228 e. The summed E-state index contributed by atoms with van der Waals surface area (Å²) in [5, 5.41) is 9.79. The second-order valence-corrected chi connectivity index (χ2v) is 5.71. The summed E-state index contributed by atoms with van der Waals surface area (Å²) >= 11 is 0. The van der Waals surface area contributed by atoms with Gasteiger partial charge in [-0.1, -0.05) is 0 Å². The monoisotopic (exact) mass is 256 g/mol. The molecule has 3 atom stereocenters. The number of rotatable bonds is 3. The SMILES string of the molecule is CN(C)CC1CC(O)CN1C(=O)C1CCCOC1. The predicted molar refractivity (Wildman–Crippen MR) is 68.2 cm³/mol. The van der Waals surface area contributed by atoms with Gasteiger partial charge in [0.1, 0.15) is 0 Å². The molecule has 0 radical (unpaired) electrons. The van der Waals surface area contributed by atoms with Crippen LogP contribution in [0, 0.1) is 5.92 Å². The molecule has 3 unspecified atom stereocenters. The first kappa shape index (κ1) is 13.8. The fourth-order valence-electron chi connectivity index (χ4n) is 2.93. The third-order valence-corrected chi connectivity index (χ3v) is 3.76. The molecule has 0 aromatic rings. The Kier molecular flexibility index (Phi) is 4.59. The van der Waals surface area contributed by atoms with Gasteiger partial charge in [-0.05, 0) is 33.4 Å². The highest BCUT2D eigenvalue weighted by Crippen LogP contribution is 2.24. The molecular formula is C13H24N2O3. The van der Waals surface area contributed by atoms with E-state index in [4.69, 9.17) is 4.74 Å². The van der Waals surface area contributed by atoms with E-state index >= 15 is 0 Å².